The van der Waals surface area contributed by atoms with E-state index in [2.05, 4.69) is 19.3 Å². The fourth-order valence-corrected chi connectivity index (χ4v) is 2.03. The summed E-state index contributed by atoms with van der Waals surface area (Å²) in [5.41, 5.74) is 1.63. The number of methoxy groups -OCH3 is 1. The molecule has 0 aliphatic carbocycles. The maximum atomic E-state index is 10.7. The molecule has 114 valence electrons. The van der Waals surface area contributed by atoms with Gasteiger partial charge in [0.05, 0.1) is 19.0 Å². The molecule has 0 aliphatic heterocycles. The zero-order chi connectivity index (χ0) is 15.9. The summed E-state index contributed by atoms with van der Waals surface area (Å²) in [5, 5.41) is 12.7. The molecule has 0 spiro atoms. The molecular formula is C14H13N3O4S. The van der Waals surface area contributed by atoms with Gasteiger partial charge in [-0.1, -0.05) is 11.2 Å². The molecule has 0 saturated heterocycles. The number of aromatic hydroxyl groups is 1. The summed E-state index contributed by atoms with van der Waals surface area (Å²) in [4.78, 5) is 15.0. The number of carbonyl (C=O) groups is 1. The van der Waals surface area contributed by atoms with Crippen LogP contribution in [-0.2, 0) is 4.74 Å². The molecule has 8 heteroatoms. The maximum absolute atomic E-state index is 10.7. The first-order chi connectivity index (χ1) is 10.6. The van der Waals surface area contributed by atoms with Gasteiger partial charge in [0.2, 0.25) is 0 Å². The first-order valence-corrected chi connectivity index (χ1v) is 6.96. The molecule has 0 amide bonds. The Labute approximate surface area is 130 Å². The predicted octanol–water partition coefficient (Wildman–Crippen LogP) is 2.68. The fourth-order valence-electron chi connectivity index (χ4n) is 1.47. The average molecular weight is 319 g/mol. The van der Waals surface area contributed by atoms with Gasteiger partial charge in [0.1, 0.15) is 11.5 Å². The zero-order valence-electron chi connectivity index (χ0n) is 11.9. The van der Waals surface area contributed by atoms with Gasteiger partial charge in [-0.2, -0.15) is 4.37 Å². The maximum Gasteiger partial charge on any atom is 0.353 e. The van der Waals surface area contributed by atoms with Crippen molar-refractivity contribution >= 4 is 17.5 Å². The number of rotatable bonds is 2. The van der Waals surface area contributed by atoms with Gasteiger partial charge in [0, 0.05) is 12.3 Å². The highest BCUT2D eigenvalue weighted by Crippen LogP contribution is 2.20. The van der Waals surface area contributed by atoms with E-state index in [0.717, 1.165) is 28.7 Å². The van der Waals surface area contributed by atoms with Crippen molar-refractivity contribution in [2.24, 2.45) is 0 Å². The molecule has 3 heterocycles. The van der Waals surface area contributed by atoms with Gasteiger partial charge in [-0.05, 0) is 30.6 Å². The van der Waals surface area contributed by atoms with E-state index in [1.807, 2.05) is 31.2 Å². The number of esters is 1. The number of nitrogens with zero attached hydrogens (tertiary/aromatic N) is 3. The van der Waals surface area contributed by atoms with E-state index in [0.29, 0.717) is 0 Å². The first-order valence-electron chi connectivity index (χ1n) is 6.18. The van der Waals surface area contributed by atoms with Crippen molar-refractivity contribution in [3.05, 3.63) is 47.3 Å². The second kappa shape index (κ2) is 7.32. The molecule has 0 radical (unpaired) electrons. The van der Waals surface area contributed by atoms with E-state index in [4.69, 9.17) is 9.63 Å². The number of hydrogen-bond donors (Lipinski definition) is 1. The topological polar surface area (TPSA) is 98.3 Å². The van der Waals surface area contributed by atoms with Crippen LogP contribution in [0.2, 0.25) is 0 Å². The highest BCUT2D eigenvalue weighted by Gasteiger charge is 2.12. The van der Waals surface area contributed by atoms with Crippen LogP contribution in [0, 0.1) is 6.92 Å². The van der Waals surface area contributed by atoms with Gasteiger partial charge in [-0.3, -0.25) is 4.98 Å². The van der Waals surface area contributed by atoms with Crippen LogP contribution in [0.3, 0.4) is 0 Å². The highest BCUT2D eigenvalue weighted by atomic mass is 32.1. The molecule has 0 atom stereocenters. The molecule has 0 bridgehead atoms. The summed E-state index contributed by atoms with van der Waals surface area (Å²) in [6.07, 6.45) is 2.94. The average Bonchev–Trinajstić information content (AvgIpc) is 3.16. The number of pyridine rings is 1. The lowest BCUT2D eigenvalue weighted by atomic mass is 10.2. The first kappa shape index (κ1) is 15.6. The third kappa shape index (κ3) is 3.89. The van der Waals surface area contributed by atoms with Crippen LogP contribution in [0.1, 0.15) is 15.4 Å². The fraction of sp³-hybridized carbons (Fsp3) is 0.143. The van der Waals surface area contributed by atoms with E-state index in [9.17, 15) is 4.79 Å². The van der Waals surface area contributed by atoms with Gasteiger partial charge in [-0.25, -0.2) is 4.79 Å². The Hall–Kier alpha value is -2.74. The number of aryl methyl sites for hydroxylation is 1. The SMILES string of the molecule is COC(=O)c1sncc1O.Cc1cc(-c2ccccn2)no1. The van der Waals surface area contributed by atoms with Crippen molar-refractivity contribution in [3.63, 3.8) is 0 Å². The summed E-state index contributed by atoms with van der Waals surface area (Å²) < 4.78 is 12.9. The molecule has 0 aliphatic rings. The van der Waals surface area contributed by atoms with Crippen LogP contribution >= 0.6 is 11.5 Å². The largest absolute Gasteiger partial charge is 0.505 e. The minimum Gasteiger partial charge on any atom is -0.505 e. The Morgan fingerprint density at radius 1 is 1.36 bits per heavy atom. The van der Waals surface area contributed by atoms with Gasteiger partial charge in [0.25, 0.3) is 0 Å². The summed E-state index contributed by atoms with van der Waals surface area (Å²) >= 11 is 0.908. The quantitative estimate of drug-likeness (QED) is 0.725. The zero-order valence-corrected chi connectivity index (χ0v) is 12.7. The van der Waals surface area contributed by atoms with Crippen molar-refractivity contribution in [1.29, 1.82) is 0 Å². The van der Waals surface area contributed by atoms with Gasteiger partial charge in [-0.15, -0.1) is 0 Å². The molecular weight excluding hydrogens is 306 g/mol. The molecule has 1 N–H and O–H groups in total. The minimum atomic E-state index is -0.556. The van der Waals surface area contributed by atoms with E-state index >= 15 is 0 Å². The number of hydrogen-bond acceptors (Lipinski definition) is 8. The predicted molar refractivity (Wildman–Crippen MR) is 79.6 cm³/mol. The molecule has 3 aromatic rings. The Balaban J connectivity index is 0.000000164. The van der Waals surface area contributed by atoms with Gasteiger partial charge < -0.3 is 14.4 Å². The molecule has 3 aromatic heterocycles. The second-order valence-corrected chi connectivity index (χ2v) is 4.87. The number of carbonyl (C=O) groups excluding carboxylic acids is 1. The smallest absolute Gasteiger partial charge is 0.353 e. The Morgan fingerprint density at radius 3 is 2.68 bits per heavy atom. The molecule has 0 aromatic carbocycles. The van der Waals surface area contributed by atoms with Crippen LogP contribution < -0.4 is 0 Å². The van der Waals surface area contributed by atoms with Crippen LogP contribution in [0.25, 0.3) is 11.4 Å². The van der Waals surface area contributed by atoms with Crippen molar-refractivity contribution < 1.29 is 19.2 Å². The van der Waals surface area contributed by atoms with Crippen molar-refractivity contribution in [2.75, 3.05) is 7.11 Å². The Kier molecular flexibility index (Phi) is 5.21. The Morgan fingerprint density at radius 2 is 2.18 bits per heavy atom. The van der Waals surface area contributed by atoms with E-state index in [1.165, 1.54) is 13.3 Å². The summed E-state index contributed by atoms with van der Waals surface area (Å²) in [6, 6.07) is 7.56. The minimum absolute atomic E-state index is 0.128. The van der Waals surface area contributed by atoms with Crippen LogP contribution in [0.4, 0.5) is 0 Å². The number of ether oxygens (including phenoxy) is 1. The van der Waals surface area contributed by atoms with E-state index in [-0.39, 0.29) is 10.6 Å². The molecule has 7 nitrogen and oxygen atoms in total. The summed E-state index contributed by atoms with van der Waals surface area (Å²) in [7, 11) is 1.25. The van der Waals surface area contributed by atoms with E-state index in [1.54, 1.807) is 6.20 Å². The Bertz CT molecular complexity index is 739. The van der Waals surface area contributed by atoms with Gasteiger partial charge in [0.15, 0.2) is 10.6 Å². The van der Waals surface area contributed by atoms with Crippen molar-refractivity contribution in [2.45, 2.75) is 6.92 Å². The van der Waals surface area contributed by atoms with Crippen LogP contribution in [0.5, 0.6) is 5.75 Å². The van der Waals surface area contributed by atoms with Gasteiger partial charge >= 0.3 is 5.97 Å². The third-order valence-electron chi connectivity index (χ3n) is 2.48. The molecule has 0 saturated carbocycles. The monoisotopic (exact) mass is 319 g/mol. The molecule has 22 heavy (non-hydrogen) atoms. The lowest BCUT2D eigenvalue weighted by Gasteiger charge is -1.92. The third-order valence-corrected chi connectivity index (χ3v) is 3.25. The van der Waals surface area contributed by atoms with Crippen LogP contribution in [0.15, 0.2) is 41.2 Å². The van der Waals surface area contributed by atoms with E-state index < -0.39 is 5.97 Å². The summed E-state index contributed by atoms with van der Waals surface area (Å²) in [5.74, 6) is 0.118. The molecule has 0 fully saturated rings. The second-order valence-electron chi connectivity index (χ2n) is 4.07. The molecule has 3 rings (SSSR count). The highest BCUT2D eigenvalue weighted by molar-refractivity contribution is 7.08. The lowest BCUT2D eigenvalue weighted by Crippen LogP contribution is -1.97. The van der Waals surface area contributed by atoms with Crippen LogP contribution in [-0.4, -0.2) is 32.7 Å². The molecule has 0 unspecified atom stereocenters. The normalized spacial score (nSPS) is 9.73. The summed E-state index contributed by atoms with van der Waals surface area (Å²) in [6.45, 7) is 1.86. The lowest BCUT2D eigenvalue weighted by molar-refractivity contribution is 0.0603. The number of aromatic nitrogens is 3. The standard InChI is InChI=1S/C9H8N2O.C5H5NO3S/c1-7-6-9(11-12-7)8-4-2-3-5-10-8;1-9-5(8)4-3(7)2-6-10-4/h2-6H,1H3;2,7H,1H3. The van der Waals surface area contributed by atoms with Crippen molar-refractivity contribution in [1.82, 2.24) is 14.5 Å². The van der Waals surface area contributed by atoms with Crippen molar-refractivity contribution in [3.8, 4) is 17.1 Å².